The van der Waals surface area contributed by atoms with E-state index in [1.807, 2.05) is 18.3 Å². The lowest BCUT2D eigenvalue weighted by atomic mass is 10.3. The monoisotopic (exact) mass is 260 g/mol. The van der Waals surface area contributed by atoms with E-state index in [0.717, 1.165) is 5.69 Å². The van der Waals surface area contributed by atoms with Crippen LogP contribution in [0, 0.1) is 8.98 Å². The zero-order valence-electron chi connectivity index (χ0n) is 6.19. The summed E-state index contributed by atoms with van der Waals surface area (Å²) >= 11 is 2.24. The molecule has 0 fully saturated rings. The SMILES string of the molecule is CC(=N)/C=C\c1cc(I)c[nH]1. The molecular weight excluding hydrogens is 251 g/mol. The van der Waals surface area contributed by atoms with E-state index in [-0.39, 0.29) is 0 Å². The summed E-state index contributed by atoms with van der Waals surface area (Å²) in [7, 11) is 0. The first kappa shape index (κ1) is 8.52. The molecule has 1 aromatic heterocycles. The van der Waals surface area contributed by atoms with Crippen molar-refractivity contribution in [2.45, 2.75) is 6.92 Å². The van der Waals surface area contributed by atoms with E-state index in [1.54, 1.807) is 13.0 Å². The van der Waals surface area contributed by atoms with Gasteiger partial charge in [0.15, 0.2) is 0 Å². The maximum absolute atomic E-state index is 7.15. The van der Waals surface area contributed by atoms with Gasteiger partial charge in [-0.2, -0.15) is 0 Å². The molecule has 0 aliphatic rings. The highest BCUT2D eigenvalue weighted by Crippen LogP contribution is 2.07. The van der Waals surface area contributed by atoms with Crippen LogP contribution in [0.4, 0.5) is 0 Å². The van der Waals surface area contributed by atoms with E-state index in [2.05, 4.69) is 27.6 Å². The summed E-state index contributed by atoms with van der Waals surface area (Å²) in [5, 5.41) is 7.15. The van der Waals surface area contributed by atoms with Crippen molar-refractivity contribution in [2.75, 3.05) is 0 Å². The summed E-state index contributed by atoms with van der Waals surface area (Å²) in [6, 6.07) is 2.03. The van der Waals surface area contributed by atoms with E-state index in [0.29, 0.717) is 5.71 Å². The highest BCUT2D eigenvalue weighted by atomic mass is 127. The highest BCUT2D eigenvalue weighted by molar-refractivity contribution is 14.1. The predicted octanol–water partition coefficient (Wildman–Crippen LogP) is 2.67. The molecule has 2 nitrogen and oxygen atoms in total. The molecular formula is C8H9IN2. The first-order valence-corrected chi connectivity index (χ1v) is 4.33. The average molecular weight is 260 g/mol. The van der Waals surface area contributed by atoms with Gasteiger partial charge in [0.1, 0.15) is 0 Å². The van der Waals surface area contributed by atoms with Gasteiger partial charge in [-0.15, -0.1) is 0 Å². The first-order valence-electron chi connectivity index (χ1n) is 3.25. The Balaban J connectivity index is 2.71. The second-order valence-electron chi connectivity index (χ2n) is 2.29. The smallest absolute Gasteiger partial charge is 0.0391 e. The molecule has 58 valence electrons. The average Bonchev–Trinajstić information content (AvgIpc) is 2.31. The number of aromatic nitrogens is 1. The molecule has 0 spiro atoms. The molecule has 1 aromatic rings. The van der Waals surface area contributed by atoms with Gasteiger partial charge in [-0.3, -0.25) is 0 Å². The molecule has 0 unspecified atom stereocenters. The molecule has 0 saturated heterocycles. The second-order valence-corrected chi connectivity index (χ2v) is 3.54. The van der Waals surface area contributed by atoms with Crippen LogP contribution >= 0.6 is 22.6 Å². The Labute approximate surface area is 79.4 Å². The van der Waals surface area contributed by atoms with E-state index in [9.17, 15) is 0 Å². The molecule has 3 heteroatoms. The molecule has 2 N–H and O–H groups in total. The molecule has 0 aliphatic carbocycles. The number of hydrogen-bond acceptors (Lipinski definition) is 1. The Kier molecular flexibility index (Phi) is 2.87. The normalized spacial score (nSPS) is 10.7. The number of halogens is 1. The number of nitrogens with one attached hydrogen (secondary N) is 2. The van der Waals surface area contributed by atoms with Gasteiger partial charge in [-0.25, -0.2) is 0 Å². The van der Waals surface area contributed by atoms with E-state index in [4.69, 9.17) is 5.41 Å². The molecule has 1 heterocycles. The van der Waals surface area contributed by atoms with Gasteiger partial charge in [0.25, 0.3) is 0 Å². The van der Waals surface area contributed by atoms with Gasteiger partial charge in [0.05, 0.1) is 0 Å². The Morgan fingerprint density at radius 3 is 2.91 bits per heavy atom. The molecule has 0 saturated carbocycles. The Hall–Kier alpha value is -0.580. The molecule has 0 amide bonds. The van der Waals surface area contributed by atoms with Gasteiger partial charge in [0, 0.05) is 21.2 Å². The van der Waals surface area contributed by atoms with Crippen molar-refractivity contribution in [1.82, 2.24) is 4.98 Å². The fraction of sp³-hybridized carbons (Fsp3) is 0.125. The van der Waals surface area contributed by atoms with Crippen molar-refractivity contribution >= 4 is 34.4 Å². The van der Waals surface area contributed by atoms with Crippen molar-refractivity contribution in [2.24, 2.45) is 0 Å². The summed E-state index contributed by atoms with van der Waals surface area (Å²) in [6.07, 6.45) is 5.59. The topological polar surface area (TPSA) is 39.6 Å². The zero-order chi connectivity index (χ0) is 8.27. The molecule has 0 radical (unpaired) electrons. The van der Waals surface area contributed by atoms with E-state index >= 15 is 0 Å². The third-order valence-corrected chi connectivity index (χ3v) is 1.81. The lowest BCUT2D eigenvalue weighted by Crippen LogP contribution is -1.77. The fourth-order valence-electron chi connectivity index (χ4n) is 0.695. The molecule has 1 rings (SSSR count). The van der Waals surface area contributed by atoms with Crippen LogP contribution in [-0.2, 0) is 0 Å². The summed E-state index contributed by atoms with van der Waals surface area (Å²) in [4.78, 5) is 3.07. The predicted molar refractivity (Wildman–Crippen MR) is 55.9 cm³/mol. The first-order chi connectivity index (χ1) is 5.18. The third-order valence-electron chi connectivity index (χ3n) is 1.18. The third kappa shape index (κ3) is 2.88. The number of rotatable bonds is 2. The lowest BCUT2D eigenvalue weighted by Gasteiger charge is -1.83. The highest BCUT2D eigenvalue weighted by Gasteiger charge is 1.89. The Morgan fingerprint density at radius 1 is 1.73 bits per heavy atom. The fourth-order valence-corrected chi connectivity index (χ4v) is 1.19. The maximum atomic E-state index is 7.15. The standard InChI is InChI=1S/C8H9IN2/c1-6(10)2-3-8-4-7(9)5-11-8/h2-5,10-11H,1H3/b3-2-,10-6?. The zero-order valence-corrected chi connectivity index (χ0v) is 8.34. The number of aromatic amines is 1. The second kappa shape index (κ2) is 3.71. The van der Waals surface area contributed by atoms with Crippen molar-refractivity contribution in [1.29, 1.82) is 5.41 Å². The minimum atomic E-state index is 0.564. The number of H-pyrrole nitrogens is 1. The summed E-state index contributed by atoms with van der Waals surface area (Å²) in [6.45, 7) is 1.75. The van der Waals surface area contributed by atoms with Gasteiger partial charge in [-0.05, 0) is 47.7 Å². The maximum Gasteiger partial charge on any atom is 0.0391 e. The quantitative estimate of drug-likeness (QED) is 0.606. The summed E-state index contributed by atoms with van der Waals surface area (Å²) in [5.74, 6) is 0. The van der Waals surface area contributed by atoms with Gasteiger partial charge in [0.2, 0.25) is 0 Å². The largest absolute Gasteiger partial charge is 0.361 e. The van der Waals surface area contributed by atoms with Crippen LogP contribution in [0.5, 0.6) is 0 Å². The van der Waals surface area contributed by atoms with Crippen LogP contribution in [0.25, 0.3) is 6.08 Å². The number of hydrogen-bond donors (Lipinski definition) is 2. The van der Waals surface area contributed by atoms with Crippen LogP contribution in [0.1, 0.15) is 12.6 Å². The molecule has 0 aliphatic heterocycles. The Morgan fingerprint density at radius 2 is 2.45 bits per heavy atom. The Bertz CT molecular complexity index is 286. The minimum absolute atomic E-state index is 0.564. The van der Waals surface area contributed by atoms with Gasteiger partial charge < -0.3 is 10.4 Å². The molecule has 0 atom stereocenters. The molecule has 0 aromatic carbocycles. The van der Waals surface area contributed by atoms with Gasteiger partial charge in [-0.1, -0.05) is 0 Å². The summed E-state index contributed by atoms with van der Waals surface area (Å²) < 4.78 is 1.19. The van der Waals surface area contributed by atoms with Crippen molar-refractivity contribution in [3.63, 3.8) is 0 Å². The van der Waals surface area contributed by atoms with Crippen molar-refractivity contribution < 1.29 is 0 Å². The number of allylic oxidation sites excluding steroid dienone is 1. The van der Waals surface area contributed by atoms with E-state index < -0.39 is 0 Å². The van der Waals surface area contributed by atoms with Crippen LogP contribution < -0.4 is 0 Å². The van der Waals surface area contributed by atoms with E-state index in [1.165, 1.54) is 3.57 Å². The van der Waals surface area contributed by atoms with Crippen molar-refractivity contribution in [3.05, 3.63) is 27.6 Å². The lowest BCUT2D eigenvalue weighted by molar-refractivity contribution is 1.37. The van der Waals surface area contributed by atoms with Gasteiger partial charge >= 0.3 is 0 Å². The molecule has 11 heavy (non-hydrogen) atoms. The molecule has 0 bridgehead atoms. The van der Waals surface area contributed by atoms with Crippen LogP contribution in [0.2, 0.25) is 0 Å². The van der Waals surface area contributed by atoms with Crippen molar-refractivity contribution in [3.8, 4) is 0 Å². The van der Waals surface area contributed by atoms with Crippen LogP contribution in [-0.4, -0.2) is 10.7 Å². The minimum Gasteiger partial charge on any atom is -0.361 e. The summed E-state index contributed by atoms with van der Waals surface area (Å²) in [5.41, 5.74) is 1.61. The van der Waals surface area contributed by atoms with Crippen LogP contribution in [0.3, 0.4) is 0 Å². The van der Waals surface area contributed by atoms with Crippen LogP contribution in [0.15, 0.2) is 18.3 Å².